The number of ether oxygens (including phenoxy) is 1. The highest BCUT2D eigenvalue weighted by molar-refractivity contribution is 8.00. The Morgan fingerprint density at radius 1 is 0.967 bits per heavy atom. The molecule has 4 heterocycles. The fourth-order valence-corrected chi connectivity index (χ4v) is 9.84. The van der Waals surface area contributed by atoms with E-state index in [1.807, 2.05) is 30.3 Å². The number of piperidine rings is 1. The Hall–Kier alpha value is -4.44. The van der Waals surface area contributed by atoms with E-state index in [9.17, 15) is 42.3 Å². The van der Waals surface area contributed by atoms with E-state index in [2.05, 4.69) is 31.9 Å². The normalized spacial score (nSPS) is 22.8. The number of hydrogen-bond donors (Lipinski definition) is 7. The number of nitrogens with one attached hydrogen (secondary N) is 6. The Morgan fingerprint density at radius 3 is 2.49 bits per heavy atom. The standard InChI is InChI=1S/C41H56N8O10S2/c1-61(57,58)48-20-16-27(24-48)36(52)44-31(37(53)47-41-45-32(25-60-41)26-9-4-2-5-10-26)17-22-59-21-8-11-34(50)43-19-7-3-6-18-42-28-12-13-29-30(23-28)40(56)49(39(29)55)33-14-15-35(51)46-38(33)54/h2,4-5,9-10,12-13,23,27,31-33,36,41-42,44-45,52H,3,6-8,11,14-22,24-25H2,1H3,(H,43,50)(H,47,53)(H,46,51,54)/t27?,31-,32?,33?,36?,41?/m0/s1. The van der Waals surface area contributed by atoms with Crippen LogP contribution in [0.1, 0.15) is 90.1 Å². The zero-order valence-electron chi connectivity index (χ0n) is 34.2. The van der Waals surface area contributed by atoms with Crippen molar-refractivity contribution in [1.29, 1.82) is 0 Å². The summed E-state index contributed by atoms with van der Waals surface area (Å²) in [6.07, 6.45) is 4.05. The maximum absolute atomic E-state index is 13.5. The van der Waals surface area contributed by atoms with Gasteiger partial charge in [0.25, 0.3) is 11.8 Å². The van der Waals surface area contributed by atoms with Gasteiger partial charge in [-0.25, -0.2) is 12.7 Å². The number of carbonyl (C=O) groups is 6. The highest BCUT2D eigenvalue weighted by atomic mass is 32.2. The molecule has 4 aliphatic rings. The first kappa shape index (κ1) is 46.1. The molecule has 6 amide bonds. The van der Waals surface area contributed by atoms with Gasteiger partial charge in [-0.1, -0.05) is 30.3 Å². The van der Waals surface area contributed by atoms with Gasteiger partial charge >= 0.3 is 0 Å². The zero-order chi connectivity index (χ0) is 43.5. The van der Waals surface area contributed by atoms with Crippen LogP contribution in [0.15, 0.2) is 48.5 Å². The Morgan fingerprint density at radius 2 is 1.74 bits per heavy atom. The maximum Gasteiger partial charge on any atom is 0.262 e. The summed E-state index contributed by atoms with van der Waals surface area (Å²) < 4.78 is 31.2. The van der Waals surface area contributed by atoms with Crippen molar-refractivity contribution in [3.05, 3.63) is 65.2 Å². The lowest BCUT2D eigenvalue weighted by Crippen LogP contribution is -2.54. The molecule has 6 rings (SSSR count). The molecule has 332 valence electrons. The first-order chi connectivity index (χ1) is 29.3. The molecule has 5 unspecified atom stereocenters. The largest absolute Gasteiger partial charge is 0.385 e. The smallest absolute Gasteiger partial charge is 0.262 e. The SMILES string of the molecule is CS(=O)(=O)N1CCC(C(O)N[C@@H](CCOCCCC(=O)NCCCCCNc2ccc3c(c2)C(=O)N(C2CCC(=O)NC2=O)C3=O)C(=O)NC2NC(c3ccccc3)CS2)C1. The molecule has 6 atom stereocenters. The molecule has 0 saturated carbocycles. The Labute approximate surface area is 360 Å². The molecule has 0 radical (unpaired) electrons. The van der Waals surface area contributed by atoms with Gasteiger partial charge in [0.05, 0.1) is 23.4 Å². The summed E-state index contributed by atoms with van der Waals surface area (Å²) in [7, 11) is -3.39. The van der Waals surface area contributed by atoms with Crippen LogP contribution < -0.4 is 31.9 Å². The van der Waals surface area contributed by atoms with E-state index < -0.39 is 52.0 Å². The van der Waals surface area contributed by atoms with Crippen molar-refractivity contribution >= 4 is 62.9 Å². The van der Waals surface area contributed by atoms with Crippen molar-refractivity contribution < 1.29 is 47.0 Å². The minimum absolute atomic E-state index is 0.0573. The van der Waals surface area contributed by atoms with Crippen LogP contribution in [0.3, 0.4) is 0 Å². The molecule has 7 N–H and O–H groups in total. The predicted molar refractivity (Wildman–Crippen MR) is 227 cm³/mol. The number of aliphatic hydroxyl groups is 1. The topological polar surface area (TPSA) is 245 Å². The van der Waals surface area contributed by atoms with Crippen molar-refractivity contribution in [3.63, 3.8) is 0 Å². The molecule has 3 fully saturated rings. The molecular formula is C41H56N8O10S2. The molecule has 3 saturated heterocycles. The second kappa shape index (κ2) is 21.6. The van der Waals surface area contributed by atoms with Gasteiger partial charge in [0.15, 0.2) is 0 Å². The zero-order valence-corrected chi connectivity index (χ0v) is 35.9. The second-order valence-electron chi connectivity index (χ2n) is 15.7. The molecule has 0 spiro atoms. The minimum Gasteiger partial charge on any atom is -0.385 e. The van der Waals surface area contributed by atoms with E-state index >= 15 is 0 Å². The van der Waals surface area contributed by atoms with Crippen LogP contribution in [0.25, 0.3) is 0 Å². The molecule has 2 aromatic carbocycles. The van der Waals surface area contributed by atoms with Crippen molar-refractivity contribution in [2.24, 2.45) is 5.92 Å². The Bertz CT molecular complexity index is 2030. The fourth-order valence-electron chi connectivity index (χ4n) is 7.80. The molecule has 4 aliphatic heterocycles. The molecule has 20 heteroatoms. The number of fused-ring (bicyclic) bond motifs is 1. The monoisotopic (exact) mass is 884 g/mol. The van der Waals surface area contributed by atoms with Gasteiger partial charge in [-0.2, -0.15) is 0 Å². The molecule has 0 aliphatic carbocycles. The molecule has 0 aromatic heterocycles. The van der Waals surface area contributed by atoms with Gasteiger partial charge in [0, 0.05) is 75.6 Å². The third-order valence-electron chi connectivity index (χ3n) is 11.2. The van der Waals surface area contributed by atoms with E-state index in [1.54, 1.807) is 30.0 Å². The van der Waals surface area contributed by atoms with Gasteiger partial charge in [-0.3, -0.25) is 49.6 Å². The number of carbonyl (C=O) groups excluding carboxylic acids is 6. The van der Waals surface area contributed by atoms with Crippen LogP contribution in [0.2, 0.25) is 0 Å². The quantitative estimate of drug-likeness (QED) is 0.0496. The average Bonchev–Trinajstić information content (AvgIpc) is 3.98. The van der Waals surface area contributed by atoms with Crippen molar-refractivity contribution in [1.82, 2.24) is 35.8 Å². The maximum atomic E-state index is 13.5. The number of amides is 6. The van der Waals surface area contributed by atoms with Crippen LogP contribution >= 0.6 is 11.8 Å². The van der Waals surface area contributed by atoms with Crippen LogP contribution in [-0.4, -0.2) is 133 Å². The first-order valence-electron chi connectivity index (χ1n) is 20.8. The van der Waals surface area contributed by atoms with Crippen LogP contribution in [0, 0.1) is 5.92 Å². The number of nitrogens with zero attached hydrogens (tertiary/aromatic N) is 2. The van der Waals surface area contributed by atoms with Gasteiger partial charge < -0.3 is 25.8 Å². The van der Waals surface area contributed by atoms with Crippen molar-refractivity contribution in [2.45, 2.75) is 87.6 Å². The number of benzene rings is 2. The summed E-state index contributed by atoms with van der Waals surface area (Å²) in [4.78, 5) is 76.7. The lowest BCUT2D eigenvalue weighted by molar-refractivity contribution is -0.136. The molecule has 0 bridgehead atoms. The number of imide groups is 2. The summed E-state index contributed by atoms with van der Waals surface area (Å²) in [5.74, 6) is -2.18. The number of hydrogen-bond acceptors (Lipinski definition) is 14. The van der Waals surface area contributed by atoms with Crippen molar-refractivity contribution in [3.8, 4) is 0 Å². The van der Waals surface area contributed by atoms with Crippen molar-refractivity contribution in [2.75, 3.05) is 56.7 Å². The number of aliphatic hydroxyl groups excluding tert-OH is 1. The summed E-state index contributed by atoms with van der Waals surface area (Å²) in [5.41, 5.74) is 1.90. The summed E-state index contributed by atoms with van der Waals surface area (Å²) in [6.45, 7) is 2.09. The first-order valence-corrected chi connectivity index (χ1v) is 23.7. The number of sulfonamides is 1. The average molecular weight is 885 g/mol. The molecular weight excluding hydrogens is 829 g/mol. The van der Waals surface area contributed by atoms with Crippen LogP contribution in [0.5, 0.6) is 0 Å². The van der Waals surface area contributed by atoms with E-state index in [0.717, 1.165) is 41.7 Å². The Kier molecular flexibility index (Phi) is 16.3. The molecule has 61 heavy (non-hydrogen) atoms. The summed E-state index contributed by atoms with van der Waals surface area (Å²) in [6, 6.07) is 13.1. The third-order valence-corrected chi connectivity index (χ3v) is 13.6. The van der Waals surface area contributed by atoms with Crippen LogP contribution in [0.4, 0.5) is 5.69 Å². The van der Waals surface area contributed by atoms with Gasteiger partial charge in [0.1, 0.15) is 17.8 Å². The highest BCUT2D eigenvalue weighted by Crippen LogP contribution is 2.30. The molecule has 18 nitrogen and oxygen atoms in total. The highest BCUT2D eigenvalue weighted by Gasteiger charge is 2.44. The van der Waals surface area contributed by atoms with E-state index in [4.69, 9.17) is 4.74 Å². The summed E-state index contributed by atoms with van der Waals surface area (Å²) >= 11 is 1.58. The lowest BCUT2D eigenvalue weighted by Gasteiger charge is -2.27. The summed E-state index contributed by atoms with van der Waals surface area (Å²) in [5, 5.41) is 28.9. The van der Waals surface area contributed by atoms with Crippen LogP contribution in [-0.2, 0) is 33.9 Å². The van der Waals surface area contributed by atoms with Gasteiger partial charge in [0.2, 0.25) is 33.7 Å². The van der Waals surface area contributed by atoms with E-state index in [0.29, 0.717) is 44.8 Å². The molecule has 2 aromatic rings. The fraction of sp³-hybridized carbons (Fsp3) is 0.561. The number of thioether (sulfide) groups is 1. The third kappa shape index (κ3) is 12.6. The van der Waals surface area contributed by atoms with E-state index in [-0.39, 0.29) is 79.2 Å². The number of anilines is 1. The van der Waals surface area contributed by atoms with Gasteiger partial charge in [-0.05, 0) is 68.7 Å². The van der Waals surface area contributed by atoms with Gasteiger partial charge in [-0.15, -0.1) is 11.8 Å². The van der Waals surface area contributed by atoms with E-state index in [1.165, 1.54) is 4.31 Å². The second-order valence-corrected chi connectivity index (χ2v) is 18.9. The number of unbranched alkanes of at least 4 members (excludes halogenated alkanes) is 2. The minimum atomic E-state index is -3.39. The predicted octanol–water partition coefficient (Wildman–Crippen LogP) is 1.01. The lowest BCUT2D eigenvalue weighted by atomic mass is 10.0. The Balaban J connectivity index is 0.847. The number of rotatable bonds is 22.